The number of thiophene rings is 1. The predicted octanol–water partition coefficient (Wildman–Crippen LogP) is 2.90. The second kappa shape index (κ2) is 7.65. The van der Waals surface area contributed by atoms with Gasteiger partial charge in [-0.3, -0.25) is 4.79 Å². The molecule has 1 amide bonds. The molecule has 0 aliphatic carbocycles. The summed E-state index contributed by atoms with van der Waals surface area (Å²) in [5.41, 5.74) is 5.74. The van der Waals surface area contributed by atoms with E-state index < -0.39 is 0 Å². The van der Waals surface area contributed by atoms with Gasteiger partial charge in [0.15, 0.2) is 0 Å². The predicted molar refractivity (Wildman–Crippen MR) is 82.3 cm³/mol. The first kappa shape index (κ1) is 16.2. The summed E-state index contributed by atoms with van der Waals surface area (Å²) in [6.07, 6.45) is 2.56. The number of nitrogens with zero attached hydrogens (tertiary/aromatic N) is 1. The first-order chi connectivity index (χ1) is 8.98. The normalized spacial score (nSPS) is 11.6. The highest BCUT2D eigenvalue weighted by Crippen LogP contribution is 2.17. The summed E-state index contributed by atoms with van der Waals surface area (Å²) < 4.78 is 0. The maximum absolute atomic E-state index is 12.2. The first-order valence-electron chi connectivity index (χ1n) is 6.98. The van der Waals surface area contributed by atoms with Crippen LogP contribution in [-0.2, 0) is 11.2 Å². The molecule has 0 aromatic carbocycles. The topological polar surface area (TPSA) is 46.3 Å². The van der Waals surface area contributed by atoms with Crippen molar-refractivity contribution in [1.29, 1.82) is 0 Å². The van der Waals surface area contributed by atoms with Crippen LogP contribution in [0.2, 0.25) is 0 Å². The van der Waals surface area contributed by atoms with Crippen LogP contribution in [-0.4, -0.2) is 30.4 Å². The highest BCUT2D eigenvalue weighted by Gasteiger charge is 2.22. The molecule has 108 valence electrons. The fourth-order valence-electron chi connectivity index (χ4n) is 1.98. The largest absolute Gasteiger partial charge is 0.342 e. The summed E-state index contributed by atoms with van der Waals surface area (Å²) in [6.45, 7) is 8.36. The Morgan fingerprint density at radius 3 is 2.74 bits per heavy atom. The molecule has 1 aromatic heterocycles. The quantitative estimate of drug-likeness (QED) is 0.797. The molecule has 0 aliphatic rings. The van der Waals surface area contributed by atoms with E-state index in [9.17, 15) is 4.79 Å². The van der Waals surface area contributed by atoms with Gasteiger partial charge in [0.2, 0.25) is 5.91 Å². The molecule has 0 radical (unpaired) electrons. The lowest BCUT2D eigenvalue weighted by Gasteiger charge is -2.31. The third-order valence-electron chi connectivity index (χ3n) is 3.30. The van der Waals surface area contributed by atoms with Crippen LogP contribution in [0.1, 0.15) is 38.5 Å². The molecule has 0 fully saturated rings. The summed E-state index contributed by atoms with van der Waals surface area (Å²) in [4.78, 5) is 15.5. The summed E-state index contributed by atoms with van der Waals surface area (Å²) in [5, 5.41) is 2.08. The van der Waals surface area contributed by atoms with Crippen LogP contribution in [0.25, 0.3) is 0 Å². The molecule has 2 N–H and O–H groups in total. The smallest absolute Gasteiger partial charge is 0.222 e. The molecule has 0 saturated heterocycles. The first-order valence-corrected chi connectivity index (χ1v) is 7.86. The maximum Gasteiger partial charge on any atom is 0.222 e. The molecule has 4 heteroatoms. The average molecular weight is 282 g/mol. The number of hydrogen-bond donors (Lipinski definition) is 1. The number of hydrogen-bond acceptors (Lipinski definition) is 3. The van der Waals surface area contributed by atoms with Crippen molar-refractivity contribution < 1.29 is 4.79 Å². The molecule has 0 bridgehead atoms. The fraction of sp³-hybridized carbons (Fsp3) is 0.667. The molecule has 0 aliphatic heterocycles. The van der Waals surface area contributed by atoms with Gasteiger partial charge in [0.1, 0.15) is 0 Å². The van der Waals surface area contributed by atoms with E-state index in [0.717, 1.165) is 25.9 Å². The number of carbonyl (C=O) groups excluding carboxylic acids is 1. The lowest BCUT2D eigenvalue weighted by molar-refractivity contribution is -0.132. The summed E-state index contributed by atoms with van der Waals surface area (Å²) >= 11 is 1.76. The van der Waals surface area contributed by atoms with Crippen LogP contribution in [0.5, 0.6) is 0 Å². The van der Waals surface area contributed by atoms with Crippen molar-refractivity contribution in [3.05, 3.63) is 22.4 Å². The minimum absolute atomic E-state index is 0.000573. The van der Waals surface area contributed by atoms with Crippen molar-refractivity contribution in [1.82, 2.24) is 4.90 Å². The highest BCUT2D eigenvalue weighted by atomic mass is 32.1. The molecule has 1 rings (SSSR count). The standard InChI is InChI=1S/C15H26N2OS/c1-4-17(12-15(2,3)11-16)14(18)9-5-7-13-8-6-10-19-13/h6,8,10H,4-5,7,9,11-12,16H2,1-3H3. The Morgan fingerprint density at radius 1 is 1.47 bits per heavy atom. The maximum atomic E-state index is 12.2. The molecule has 3 nitrogen and oxygen atoms in total. The van der Waals surface area contributed by atoms with Crippen LogP contribution in [0, 0.1) is 5.41 Å². The number of rotatable bonds is 8. The van der Waals surface area contributed by atoms with Gasteiger partial charge in [0.05, 0.1) is 0 Å². The van der Waals surface area contributed by atoms with Crippen molar-refractivity contribution in [2.45, 2.75) is 40.0 Å². The van der Waals surface area contributed by atoms with Crippen molar-refractivity contribution >= 4 is 17.2 Å². The third kappa shape index (κ3) is 5.74. The number of aryl methyl sites for hydroxylation is 1. The Bertz CT molecular complexity index is 374. The Hall–Kier alpha value is -0.870. The van der Waals surface area contributed by atoms with Crippen LogP contribution in [0.4, 0.5) is 0 Å². The van der Waals surface area contributed by atoms with Gasteiger partial charge in [0, 0.05) is 24.4 Å². The molecule has 0 atom stereocenters. The summed E-state index contributed by atoms with van der Waals surface area (Å²) in [7, 11) is 0. The van der Waals surface area contributed by atoms with Gasteiger partial charge in [-0.1, -0.05) is 19.9 Å². The zero-order valence-corrected chi connectivity index (χ0v) is 13.1. The molecule has 1 heterocycles. The number of nitrogens with two attached hydrogens (primary N) is 1. The van der Waals surface area contributed by atoms with E-state index in [2.05, 4.69) is 31.4 Å². The van der Waals surface area contributed by atoms with Gasteiger partial charge in [-0.2, -0.15) is 0 Å². The Morgan fingerprint density at radius 2 is 2.21 bits per heavy atom. The minimum atomic E-state index is -0.000573. The Kier molecular flexibility index (Phi) is 6.52. The van der Waals surface area contributed by atoms with E-state index >= 15 is 0 Å². The van der Waals surface area contributed by atoms with Gasteiger partial charge in [0.25, 0.3) is 0 Å². The Balaban J connectivity index is 2.37. The van der Waals surface area contributed by atoms with Crippen molar-refractivity contribution in [3.8, 4) is 0 Å². The zero-order chi connectivity index (χ0) is 14.3. The number of carbonyl (C=O) groups is 1. The second-order valence-electron chi connectivity index (χ2n) is 5.71. The third-order valence-corrected chi connectivity index (χ3v) is 4.24. The lowest BCUT2D eigenvalue weighted by Crippen LogP contribution is -2.41. The monoisotopic (exact) mass is 282 g/mol. The van der Waals surface area contributed by atoms with Crippen LogP contribution in [0.3, 0.4) is 0 Å². The zero-order valence-electron chi connectivity index (χ0n) is 12.3. The Labute approximate surface area is 120 Å². The van der Waals surface area contributed by atoms with E-state index in [1.807, 2.05) is 11.8 Å². The van der Waals surface area contributed by atoms with E-state index in [4.69, 9.17) is 5.73 Å². The van der Waals surface area contributed by atoms with E-state index in [1.54, 1.807) is 11.3 Å². The average Bonchev–Trinajstić information content (AvgIpc) is 2.89. The highest BCUT2D eigenvalue weighted by molar-refractivity contribution is 7.09. The van der Waals surface area contributed by atoms with Gasteiger partial charge < -0.3 is 10.6 Å². The van der Waals surface area contributed by atoms with Gasteiger partial charge in [-0.25, -0.2) is 0 Å². The lowest BCUT2D eigenvalue weighted by atomic mass is 9.93. The molecular weight excluding hydrogens is 256 g/mol. The molecule has 1 aromatic rings. The van der Waals surface area contributed by atoms with Crippen LogP contribution in [0.15, 0.2) is 17.5 Å². The molecule has 0 unspecified atom stereocenters. The van der Waals surface area contributed by atoms with E-state index in [1.165, 1.54) is 4.88 Å². The van der Waals surface area contributed by atoms with Gasteiger partial charge in [-0.15, -0.1) is 11.3 Å². The van der Waals surface area contributed by atoms with E-state index in [0.29, 0.717) is 13.0 Å². The molecule has 0 saturated carbocycles. The van der Waals surface area contributed by atoms with Crippen molar-refractivity contribution in [3.63, 3.8) is 0 Å². The number of amides is 1. The van der Waals surface area contributed by atoms with Gasteiger partial charge >= 0.3 is 0 Å². The molecule has 0 spiro atoms. The molecular formula is C15H26N2OS. The second-order valence-corrected chi connectivity index (χ2v) is 6.74. The molecule has 19 heavy (non-hydrogen) atoms. The minimum Gasteiger partial charge on any atom is -0.342 e. The fourth-order valence-corrected chi connectivity index (χ4v) is 2.74. The summed E-state index contributed by atoms with van der Waals surface area (Å²) in [6, 6.07) is 4.19. The van der Waals surface area contributed by atoms with Crippen LogP contribution >= 0.6 is 11.3 Å². The van der Waals surface area contributed by atoms with Crippen LogP contribution < -0.4 is 5.73 Å². The van der Waals surface area contributed by atoms with Crippen molar-refractivity contribution in [2.75, 3.05) is 19.6 Å². The van der Waals surface area contributed by atoms with E-state index in [-0.39, 0.29) is 11.3 Å². The van der Waals surface area contributed by atoms with Crippen molar-refractivity contribution in [2.24, 2.45) is 11.1 Å². The van der Waals surface area contributed by atoms with Gasteiger partial charge in [-0.05, 0) is 43.2 Å². The summed E-state index contributed by atoms with van der Waals surface area (Å²) in [5.74, 6) is 0.251. The SMILES string of the molecule is CCN(CC(C)(C)CN)C(=O)CCCc1cccs1.